The van der Waals surface area contributed by atoms with Gasteiger partial charge in [0, 0.05) is 3.57 Å². The second-order valence-corrected chi connectivity index (χ2v) is 7.10. The van der Waals surface area contributed by atoms with Crippen LogP contribution >= 0.6 is 22.6 Å². The van der Waals surface area contributed by atoms with E-state index in [1.807, 2.05) is 0 Å². The van der Waals surface area contributed by atoms with Gasteiger partial charge in [-0.15, -0.1) is 0 Å². The third-order valence-electron chi connectivity index (χ3n) is 2.81. The van der Waals surface area contributed by atoms with Gasteiger partial charge in [-0.3, -0.25) is 4.79 Å². The van der Waals surface area contributed by atoms with Crippen molar-refractivity contribution in [1.29, 1.82) is 0 Å². The molecule has 0 aliphatic rings. The largest absolute Gasteiger partial charge is 0.748 e. The SMILES string of the molecule is O=C(NC(CS(=O)(=O)[O-])(C(F)(F)F)C(F)(F)F)c1ccccc1I. The first-order valence-electron chi connectivity index (χ1n) is 5.75. The summed E-state index contributed by atoms with van der Waals surface area (Å²) in [6.45, 7) is 0. The highest BCUT2D eigenvalue weighted by atomic mass is 127. The molecule has 0 aliphatic carbocycles. The predicted molar refractivity (Wildman–Crippen MR) is 76.0 cm³/mol. The van der Waals surface area contributed by atoms with Gasteiger partial charge in [0.15, 0.2) is 0 Å². The molecule has 0 aliphatic heterocycles. The summed E-state index contributed by atoms with van der Waals surface area (Å²) in [7, 11) is -5.99. The monoisotopic (exact) mass is 490 g/mol. The van der Waals surface area contributed by atoms with E-state index in [-0.39, 0.29) is 3.57 Å². The van der Waals surface area contributed by atoms with Gasteiger partial charge in [0.05, 0.1) is 21.4 Å². The molecule has 0 spiro atoms. The van der Waals surface area contributed by atoms with E-state index in [9.17, 15) is 44.1 Å². The van der Waals surface area contributed by atoms with E-state index < -0.39 is 45.2 Å². The van der Waals surface area contributed by atoms with Gasteiger partial charge in [-0.25, -0.2) is 8.42 Å². The molecule has 0 radical (unpaired) electrons. The summed E-state index contributed by atoms with van der Waals surface area (Å²) >= 11 is 1.49. The molecule has 1 N–H and O–H groups in total. The number of alkyl halides is 6. The van der Waals surface area contributed by atoms with Gasteiger partial charge in [0.25, 0.3) is 5.91 Å². The Morgan fingerprint density at radius 3 is 1.92 bits per heavy atom. The second kappa shape index (κ2) is 6.67. The van der Waals surface area contributed by atoms with Gasteiger partial charge in [-0.2, -0.15) is 26.3 Å². The molecule has 0 atom stereocenters. The molecule has 1 aromatic carbocycles. The normalized spacial score (nSPS) is 13.7. The zero-order valence-electron chi connectivity index (χ0n) is 11.2. The summed E-state index contributed by atoms with van der Waals surface area (Å²) in [4.78, 5) is 11.8. The molecule has 1 aromatic rings. The Bertz CT molecular complexity index is 717. The van der Waals surface area contributed by atoms with Crippen LogP contribution in [0.5, 0.6) is 0 Å². The molecule has 0 fully saturated rings. The molecule has 136 valence electrons. The van der Waals surface area contributed by atoms with Crippen molar-refractivity contribution in [3.8, 4) is 0 Å². The van der Waals surface area contributed by atoms with E-state index in [1.54, 1.807) is 0 Å². The number of amides is 1. The number of hydrogen-bond donors (Lipinski definition) is 1. The minimum absolute atomic E-state index is 0.0239. The van der Waals surface area contributed by atoms with E-state index in [0.29, 0.717) is 5.32 Å². The Hall–Kier alpha value is -1.09. The number of nitrogens with one attached hydrogen (secondary N) is 1. The van der Waals surface area contributed by atoms with Gasteiger partial charge in [0.2, 0.25) is 5.54 Å². The zero-order valence-corrected chi connectivity index (χ0v) is 14.2. The van der Waals surface area contributed by atoms with Crippen LogP contribution < -0.4 is 5.32 Å². The third kappa shape index (κ3) is 4.50. The second-order valence-electron chi connectivity index (χ2n) is 4.54. The van der Waals surface area contributed by atoms with Crippen LogP contribution in [0, 0.1) is 3.57 Å². The fourth-order valence-corrected chi connectivity index (χ4v) is 3.24. The van der Waals surface area contributed by atoms with Crippen LogP contribution in [0.15, 0.2) is 24.3 Å². The molecule has 0 bridgehead atoms. The Balaban J connectivity index is 3.48. The van der Waals surface area contributed by atoms with Crippen molar-refractivity contribution in [3.05, 3.63) is 33.4 Å². The van der Waals surface area contributed by atoms with E-state index in [2.05, 4.69) is 0 Å². The number of rotatable bonds is 4. The molecule has 24 heavy (non-hydrogen) atoms. The molecule has 0 aromatic heterocycles. The Labute approximate surface area is 145 Å². The van der Waals surface area contributed by atoms with Gasteiger partial charge < -0.3 is 9.87 Å². The lowest BCUT2D eigenvalue weighted by Gasteiger charge is -2.38. The van der Waals surface area contributed by atoms with Crippen LogP contribution in [0.25, 0.3) is 0 Å². The Kier molecular flexibility index (Phi) is 5.82. The average Bonchev–Trinajstić information content (AvgIpc) is 2.33. The molecule has 1 amide bonds. The lowest BCUT2D eigenvalue weighted by Crippen LogP contribution is -2.70. The zero-order chi connectivity index (χ0) is 19.0. The molecule has 0 saturated carbocycles. The summed E-state index contributed by atoms with van der Waals surface area (Å²) < 4.78 is 110. The maximum Gasteiger partial charge on any atom is 0.421 e. The highest BCUT2D eigenvalue weighted by Gasteiger charge is 2.72. The highest BCUT2D eigenvalue weighted by Crippen LogP contribution is 2.44. The Morgan fingerprint density at radius 1 is 1.08 bits per heavy atom. The molecule has 0 unspecified atom stereocenters. The number of benzene rings is 1. The van der Waals surface area contributed by atoms with Crippen LogP contribution in [-0.2, 0) is 10.1 Å². The number of carbonyl (C=O) groups excluding carboxylic acids is 1. The van der Waals surface area contributed by atoms with Crippen molar-refractivity contribution < 1.29 is 44.1 Å². The smallest absolute Gasteiger partial charge is 0.421 e. The van der Waals surface area contributed by atoms with Crippen LogP contribution in [-0.4, -0.2) is 42.5 Å². The number of carbonyl (C=O) groups is 1. The fourth-order valence-electron chi connectivity index (χ4n) is 1.67. The minimum atomic E-state index is -6.28. The minimum Gasteiger partial charge on any atom is -0.748 e. The molecule has 5 nitrogen and oxygen atoms in total. The first-order chi connectivity index (χ1) is 10.6. The molecular formula is C11H7F6INO4S-. The van der Waals surface area contributed by atoms with Gasteiger partial charge in [-0.1, -0.05) is 12.1 Å². The summed E-state index contributed by atoms with van der Waals surface area (Å²) in [6, 6.07) is 4.74. The predicted octanol–water partition coefficient (Wildman–Crippen LogP) is 2.43. The lowest BCUT2D eigenvalue weighted by molar-refractivity contribution is -0.296. The highest BCUT2D eigenvalue weighted by molar-refractivity contribution is 14.1. The molecule has 0 saturated heterocycles. The molecular weight excluding hydrogens is 483 g/mol. The summed E-state index contributed by atoms with van der Waals surface area (Å²) in [5.74, 6) is -4.74. The van der Waals surface area contributed by atoms with Crippen molar-refractivity contribution in [3.63, 3.8) is 0 Å². The lowest BCUT2D eigenvalue weighted by atomic mass is 9.99. The van der Waals surface area contributed by atoms with Gasteiger partial charge in [-0.05, 0) is 34.7 Å². The van der Waals surface area contributed by atoms with Crippen LogP contribution in [0.3, 0.4) is 0 Å². The number of hydrogen-bond acceptors (Lipinski definition) is 4. The van der Waals surface area contributed by atoms with Crippen LogP contribution in [0.2, 0.25) is 0 Å². The molecule has 0 heterocycles. The van der Waals surface area contributed by atoms with E-state index in [1.165, 1.54) is 40.8 Å². The molecule has 1 rings (SSSR count). The summed E-state index contributed by atoms with van der Waals surface area (Å²) in [5.41, 5.74) is -5.77. The van der Waals surface area contributed by atoms with E-state index >= 15 is 0 Å². The fraction of sp³-hybridized carbons (Fsp3) is 0.364. The van der Waals surface area contributed by atoms with Crippen LogP contribution in [0.4, 0.5) is 26.3 Å². The standard InChI is InChI=1S/C11H8F6INO4S/c12-10(13,14)9(11(15,16)17,5-24(21,22)23)19-8(20)6-3-1-2-4-7(6)18/h1-4H,5H2,(H,19,20)(H,21,22,23)/p-1. The maximum atomic E-state index is 13.0. The topological polar surface area (TPSA) is 86.3 Å². The first-order valence-corrected chi connectivity index (χ1v) is 8.40. The van der Waals surface area contributed by atoms with Crippen molar-refractivity contribution >= 4 is 38.6 Å². The van der Waals surface area contributed by atoms with Gasteiger partial charge in [0.1, 0.15) is 0 Å². The summed E-state index contributed by atoms with van der Waals surface area (Å²) in [6.07, 6.45) is -12.6. The summed E-state index contributed by atoms with van der Waals surface area (Å²) in [5, 5.41) is 0.651. The van der Waals surface area contributed by atoms with E-state index in [4.69, 9.17) is 0 Å². The van der Waals surface area contributed by atoms with Crippen molar-refractivity contribution in [2.75, 3.05) is 5.75 Å². The third-order valence-corrected chi connectivity index (χ3v) is 4.53. The maximum absolute atomic E-state index is 13.0. The molecule has 13 heteroatoms. The van der Waals surface area contributed by atoms with Crippen molar-refractivity contribution in [2.45, 2.75) is 17.9 Å². The van der Waals surface area contributed by atoms with Gasteiger partial charge >= 0.3 is 12.4 Å². The van der Waals surface area contributed by atoms with Crippen molar-refractivity contribution in [1.82, 2.24) is 5.32 Å². The van der Waals surface area contributed by atoms with Crippen LogP contribution in [0.1, 0.15) is 10.4 Å². The first kappa shape index (κ1) is 21.0. The number of halogens is 7. The van der Waals surface area contributed by atoms with E-state index in [0.717, 1.165) is 6.07 Å². The van der Waals surface area contributed by atoms with Crippen molar-refractivity contribution in [2.24, 2.45) is 0 Å². The average molecular weight is 490 g/mol. The quantitative estimate of drug-likeness (QED) is 0.400. The Morgan fingerprint density at radius 2 is 1.54 bits per heavy atom.